The van der Waals surface area contributed by atoms with Crippen molar-refractivity contribution >= 4 is 39.6 Å². The molecule has 4 N–H and O–H groups in total. The number of Topliss-reactive ketones (excluding diaryl/α,β-unsaturated/α-hetero) is 1. The van der Waals surface area contributed by atoms with Crippen molar-refractivity contribution in [2.75, 3.05) is 20.6 Å². The molecule has 5 amide bonds. The van der Waals surface area contributed by atoms with E-state index >= 15 is 0 Å². The van der Waals surface area contributed by atoms with Crippen LogP contribution in [0, 0.1) is 22.7 Å². The van der Waals surface area contributed by atoms with Gasteiger partial charge in [0.05, 0.1) is 16.8 Å². The summed E-state index contributed by atoms with van der Waals surface area (Å²) in [6.07, 6.45) is 10.3. The van der Waals surface area contributed by atoms with Crippen LogP contribution in [0.5, 0.6) is 0 Å². The second-order valence-corrected chi connectivity index (χ2v) is 19.8. The van der Waals surface area contributed by atoms with Gasteiger partial charge in [-0.3, -0.25) is 19.2 Å². The lowest BCUT2D eigenvalue weighted by Crippen LogP contribution is -2.66. The molecule has 0 radical (unpaired) electrons. The molecule has 0 spiro atoms. The molecule has 1 aliphatic heterocycles. The van der Waals surface area contributed by atoms with Crippen LogP contribution < -0.4 is 21.3 Å². The predicted molar refractivity (Wildman–Crippen MR) is 194 cm³/mol. The largest absolute Gasteiger partial charge is 0.347 e. The molecule has 5 rings (SSSR count). The van der Waals surface area contributed by atoms with Crippen molar-refractivity contribution in [3.63, 3.8) is 0 Å². The molecule has 288 valence electrons. The van der Waals surface area contributed by atoms with E-state index in [1.165, 1.54) is 18.4 Å². The zero-order valence-electron chi connectivity index (χ0n) is 31.8. The Labute approximate surface area is 304 Å². The maximum atomic E-state index is 14.9. The van der Waals surface area contributed by atoms with E-state index in [0.717, 1.165) is 51.4 Å². The zero-order chi connectivity index (χ0) is 37.5. The number of sulfonamides is 1. The summed E-state index contributed by atoms with van der Waals surface area (Å²) >= 11 is 0. The lowest BCUT2D eigenvalue weighted by atomic mass is 9.70. The van der Waals surface area contributed by atoms with Crippen molar-refractivity contribution in [2.45, 2.75) is 159 Å². The number of amides is 5. The lowest BCUT2D eigenvalue weighted by Gasteiger charge is -2.45. The van der Waals surface area contributed by atoms with Crippen molar-refractivity contribution in [1.82, 2.24) is 30.5 Å². The highest BCUT2D eigenvalue weighted by Gasteiger charge is 2.70. The molecule has 51 heavy (non-hydrogen) atoms. The molecule has 1 saturated heterocycles. The highest BCUT2D eigenvalue weighted by molar-refractivity contribution is 7.89. The fourth-order valence-electron chi connectivity index (χ4n) is 9.43. The summed E-state index contributed by atoms with van der Waals surface area (Å²) in [6.45, 7) is 10.1. The third-order valence-corrected chi connectivity index (χ3v) is 15.5. The standard InChI is InChI=1S/C37H62N6O7S/c1-8-15-26(29(44)32(46)38-24-16-17-24)39-31(45)28-27-25(35(27,3)4)22-43(28)33(47)30(36(5)18-11-9-12-19-36)40-34(48)41-37(20-13-10-14-21-37)23(2)51(49,50)42(6)7/h23-28,30H,8-22H2,1-7H3,(H,38,46)(H,39,45)(H2,40,41,48)/t23-,25-,26-,27-,28-,30+/m0/s1. The number of urea groups is 1. The highest BCUT2D eigenvalue weighted by Crippen LogP contribution is 2.65. The molecule has 0 aromatic heterocycles. The topological polar surface area (TPSA) is 174 Å². The number of ketones is 1. The third-order valence-electron chi connectivity index (χ3n) is 13.2. The van der Waals surface area contributed by atoms with Crippen LogP contribution in [-0.4, -0.2) is 103 Å². The number of hydrogen-bond donors (Lipinski definition) is 4. The van der Waals surface area contributed by atoms with Crippen LogP contribution >= 0.6 is 0 Å². The molecule has 13 nitrogen and oxygen atoms in total. The number of nitrogens with one attached hydrogen (secondary N) is 4. The van der Waals surface area contributed by atoms with Crippen LogP contribution in [0.2, 0.25) is 0 Å². The summed E-state index contributed by atoms with van der Waals surface area (Å²) in [5.41, 5.74) is -1.78. The number of carbonyl (C=O) groups excluding carboxylic acids is 5. The van der Waals surface area contributed by atoms with E-state index in [4.69, 9.17) is 0 Å². The van der Waals surface area contributed by atoms with Gasteiger partial charge in [-0.25, -0.2) is 17.5 Å². The summed E-state index contributed by atoms with van der Waals surface area (Å²) in [6, 6.07) is -3.38. The number of nitrogens with zero attached hydrogens (tertiary/aromatic N) is 2. The molecule has 6 atom stereocenters. The summed E-state index contributed by atoms with van der Waals surface area (Å²) in [7, 11) is -0.709. The van der Waals surface area contributed by atoms with Gasteiger partial charge in [0.1, 0.15) is 12.1 Å². The maximum Gasteiger partial charge on any atom is 0.315 e. The molecule has 14 heteroatoms. The Bertz CT molecular complexity index is 1460. The molecule has 0 aromatic rings. The van der Waals surface area contributed by atoms with E-state index in [1.54, 1.807) is 11.8 Å². The van der Waals surface area contributed by atoms with Gasteiger partial charge in [0, 0.05) is 26.7 Å². The van der Waals surface area contributed by atoms with Gasteiger partial charge >= 0.3 is 6.03 Å². The van der Waals surface area contributed by atoms with Gasteiger partial charge in [0.25, 0.3) is 5.91 Å². The molecule has 0 bridgehead atoms. The van der Waals surface area contributed by atoms with E-state index in [0.29, 0.717) is 45.1 Å². The third kappa shape index (κ3) is 7.96. The molecule has 4 saturated carbocycles. The lowest BCUT2D eigenvalue weighted by molar-refractivity contribution is -0.146. The van der Waals surface area contributed by atoms with Crippen LogP contribution in [0.1, 0.15) is 125 Å². The summed E-state index contributed by atoms with van der Waals surface area (Å²) < 4.78 is 27.9. The van der Waals surface area contributed by atoms with Crippen LogP contribution in [0.4, 0.5) is 4.79 Å². The van der Waals surface area contributed by atoms with E-state index in [-0.39, 0.29) is 29.2 Å². The summed E-state index contributed by atoms with van der Waals surface area (Å²) in [4.78, 5) is 70.7. The molecule has 0 unspecified atom stereocenters. The number of likely N-dealkylation sites (tertiary alicyclic amines) is 1. The van der Waals surface area contributed by atoms with Crippen LogP contribution in [0.15, 0.2) is 0 Å². The Kier molecular flexibility index (Phi) is 11.6. The van der Waals surface area contributed by atoms with Crippen molar-refractivity contribution in [3.05, 3.63) is 0 Å². The predicted octanol–water partition coefficient (Wildman–Crippen LogP) is 3.22. The van der Waals surface area contributed by atoms with Crippen LogP contribution in [0.3, 0.4) is 0 Å². The summed E-state index contributed by atoms with van der Waals surface area (Å²) in [5.74, 6) is -2.21. The number of carbonyl (C=O) groups is 5. The Hall–Kier alpha value is -2.74. The molecule has 0 aromatic carbocycles. The van der Waals surface area contributed by atoms with E-state index in [9.17, 15) is 32.4 Å². The van der Waals surface area contributed by atoms with E-state index < -0.39 is 68.0 Å². The van der Waals surface area contributed by atoms with Gasteiger partial charge < -0.3 is 26.2 Å². The molecule has 5 aliphatic rings. The van der Waals surface area contributed by atoms with Gasteiger partial charge in [-0.1, -0.05) is 72.6 Å². The molecular formula is C37H62N6O7S. The average molecular weight is 735 g/mol. The molecule has 1 heterocycles. The monoisotopic (exact) mass is 734 g/mol. The van der Waals surface area contributed by atoms with Gasteiger partial charge in [-0.2, -0.15) is 0 Å². The fraction of sp³-hybridized carbons (Fsp3) is 0.865. The quantitative estimate of drug-likeness (QED) is 0.198. The van der Waals surface area contributed by atoms with Crippen molar-refractivity contribution in [3.8, 4) is 0 Å². The second kappa shape index (κ2) is 14.9. The normalized spacial score (nSPS) is 28.1. The average Bonchev–Trinajstić information content (AvgIpc) is 3.93. The first-order valence-corrected chi connectivity index (χ1v) is 20.9. The first-order chi connectivity index (χ1) is 23.9. The van der Waals surface area contributed by atoms with Crippen LogP contribution in [0.25, 0.3) is 0 Å². The van der Waals surface area contributed by atoms with Gasteiger partial charge in [-0.15, -0.1) is 0 Å². The second-order valence-electron chi connectivity index (χ2n) is 17.3. The minimum Gasteiger partial charge on any atom is -0.347 e. The van der Waals surface area contributed by atoms with Crippen molar-refractivity contribution < 1.29 is 32.4 Å². The molecule has 4 aliphatic carbocycles. The number of fused-ring (bicyclic) bond motifs is 1. The highest BCUT2D eigenvalue weighted by atomic mass is 32.2. The molecular weight excluding hydrogens is 673 g/mol. The Morgan fingerprint density at radius 1 is 0.882 bits per heavy atom. The SMILES string of the molecule is CCC[C@H](NC(=O)[C@@H]1[C@@H]2[C@H](CN1C(=O)[C@@H](NC(=O)NC1([C@H](C)S(=O)(=O)N(C)C)CCCCC1)C1(C)CCCCC1)C2(C)C)C(=O)C(=O)NC1CC1. The number of piperidine rings is 1. The number of rotatable bonds is 14. The molecule has 5 fully saturated rings. The van der Waals surface area contributed by atoms with Crippen molar-refractivity contribution in [2.24, 2.45) is 22.7 Å². The Morgan fingerprint density at radius 2 is 1.47 bits per heavy atom. The van der Waals surface area contributed by atoms with Gasteiger partial charge in [0.2, 0.25) is 27.6 Å². The number of hydrogen-bond acceptors (Lipinski definition) is 7. The first-order valence-electron chi connectivity index (χ1n) is 19.3. The first kappa shape index (κ1) is 39.5. The Balaban J connectivity index is 1.40. The van der Waals surface area contributed by atoms with Gasteiger partial charge in [-0.05, 0) is 74.5 Å². The van der Waals surface area contributed by atoms with Crippen molar-refractivity contribution in [1.29, 1.82) is 0 Å². The fourth-order valence-corrected chi connectivity index (χ4v) is 10.9. The maximum absolute atomic E-state index is 14.9. The summed E-state index contributed by atoms with van der Waals surface area (Å²) in [5, 5.41) is 10.9. The minimum absolute atomic E-state index is 0.00627. The Morgan fingerprint density at radius 3 is 2.02 bits per heavy atom. The van der Waals surface area contributed by atoms with Crippen LogP contribution in [-0.2, 0) is 29.2 Å². The smallest absolute Gasteiger partial charge is 0.315 e. The zero-order valence-corrected chi connectivity index (χ0v) is 32.6. The van der Waals surface area contributed by atoms with E-state index in [2.05, 4.69) is 35.1 Å². The van der Waals surface area contributed by atoms with E-state index in [1.807, 2.05) is 13.8 Å². The van der Waals surface area contributed by atoms with Gasteiger partial charge in [0.15, 0.2) is 0 Å². The minimum atomic E-state index is -3.71.